The Morgan fingerprint density at radius 2 is 1.82 bits per heavy atom. The van der Waals surface area contributed by atoms with Crippen LogP contribution < -0.4 is 15.4 Å². The van der Waals surface area contributed by atoms with Crippen molar-refractivity contribution in [3.05, 3.63) is 96.6 Å². The lowest BCUT2D eigenvalue weighted by Gasteiger charge is -2.11. The summed E-state index contributed by atoms with van der Waals surface area (Å²) in [5, 5.41) is 26.1. The molecule has 3 aromatic heterocycles. The van der Waals surface area contributed by atoms with E-state index in [2.05, 4.69) is 37.0 Å². The smallest absolute Gasteiger partial charge is 0.324 e. The Morgan fingerprint density at radius 3 is 2.50 bits per heavy atom. The van der Waals surface area contributed by atoms with Crippen LogP contribution >= 0.6 is 0 Å². The summed E-state index contributed by atoms with van der Waals surface area (Å²) >= 11 is 0. The number of hydrogen-bond acceptors (Lipinski definition) is 6. The third-order valence-corrected chi connectivity index (χ3v) is 5.68. The second kappa shape index (κ2) is 10.7. The fourth-order valence-corrected chi connectivity index (χ4v) is 3.69. The first-order valence-electron chi connectivity index (χ1n) is 11.9. The number of ether oxygens (including phenoxy) is 1. The van der Waals surface area contributed by atoms with Crippen molar-refractivity contribution in [2.75, 3.05) is 10.6 Å². The molecule has 10 heteroatoms. The van der Waals surface area contributed by atoms with Crippen LogP contribution in [0.1, 0.15) is 31.0 Å². The molecule has 3 N–H and O–H groups in total. The minimum Gasteiger partial charge on any atom is -0.457 e. The zero-order valence-corrected chi connectivity index (χ0v) is 20.7. The first-order chi connectivity index (χ1) is 18.5. The van der Waals surface area contributed by atoms with Gasteiger partial charge in [-0.3, -0.25) is 15.4 Å². The lowest BCUT2D eigenvalue weighted by molar-refractivity contribution is 0.262. The number of nitrogens with zero attached hydrogens (tertiary/aromatic N) is 5. The molecule has 2 aromatic carbocycles. The monoisotopic (exact) mass is 504 g/mol. The molecule has 5 rings (SSSR count). The van der Waals surface area contributed by atoms with Gasteiger partial charge in [-0.25, -0.2) is 9.48 Å². The summed E-state index contributed by atoms with van der Waals surface area (Å²) in [5.74, 6) is 1.93. The fourth-order valence-electron chi connectivity index (χ4n) is 3.69. The standard InChI is InChI=1S/C28H24N8O2/c1-18(2)25-14-27(36(35-25)22-7-3-19(15-29)4-8-22)34-28(37)33-21-5-9-23(10-6-21)38-24-11-12-30-26(13-24)20-16-31-32-17-20/h3-14,16-18H,1-2H3,(H,31,32)(H2,33,34,37). The minimum absolute atomic E-state index is 0.168. The van der Waals surface area contributed by atoms with Gasteiger partial charge in [0.25, 0.3) is 0 Å². The van der Waals surface area contributed by atoms with Gasteiger partial charge in [-0.2, -0.15) is 15.5 Å². The Balaban J connectivity index is 1.26. The zero-order chi connectivity index (χ0) is 26.5. The minimum atomic E-state index is -0.414. The molecule has 0 radical (unpaired) electrons. The molecule has 0 aliphatic heterocycles. The number of aromatic amines is 1. The van der Waals surface area contributed by atoms with Crippen molar-refractivity contribution in [1.82, 2.24) is 25.0 Å². The number of hydrogen-bond donors (Lipinski definition) is 3. The fraction of sp³-hybridized carbons (Fsp3) is 0.107. The van der Waals surface area contributed by atoms with E-state index < -0.39 is 6.03 Å². The Labute approximate surface area is 218 Å². The number of pyridine rings is 1. The summed E-state index contributed by atoms with van der Waals surface area (Å²) < 4.78 is 7.60. The van der Waals surface area contributed by atoms with E-state index in [0.29, 0.717) is 28.6 Å². The van der Waals surface area contributed by atoms with Crippen LogP contribution in [0, 0.1) is 11.3 Å². The third-order valence-electron chi connectivity index (χ3n) is 5.68. The number of anilines is 2. The van der Waals surface area contributed by atoms with Crippen LogP contribution in [-0.2, 0) is 0 Å². The Kier molecular flexibility index (Phi) is 6.82. The highest BCUT2D eigenvalue weighted by Crippen LogP contribution is 2.27. The normalized spacial score (nSPS) is 10.7. The molecule has 38 heavy (non-hydrogen) atoms. The lowest BCUT2D eigenvalue weighted by atomic mass is 10.1. The molecule has 0 fully saturated rings. The van der Waals surface area contributed by atoms with Crippen molar-refractivity contribution in [3.8, 4) is 34.5 Å². The first-order valence-corrected chi connectivity index (χ1v) is 11.9. The number of nitriles is 1. The van der Waals surface area contributed by atoms with Crippen molar-refractivity contribution in [3.63, 3.8) is 0 Å². The number of nitrogens with one attached hydrogen (secondary N) is 3. The maximum atomic E-state index is 12.8. The number of carbonyl (C=O) groups excluding carboxylic acids is 1. The second-order valence-electron chi connectivity index (χ2n) is 8.75. The van der Waals surface area contributed by atoms with E-state index in [1.54, 1.807) is 77.9 Å². The molecule has 2 amide bonds. The van der Waals surface area contributed by atoms with E-state index in [1.165, 1.54) is 0 Å². The Hall–Kier alpha value is -5.43. The van der Waals surface area contributed by atoms with Crippen LogP contribution in [0.5, 0.6) is 11.5 Å². The molecule has 0 bridgehead atoms. The first kappa shape index (κ1) is 24.3. The maximum Gasteiger partial charge on any atom is 0.324 e. The van der Waals surface area contributed by atoms with Gasteiger partial charge in [-0.15, -0.1) is 0 Å². The van der Waals surface area contributed by atoms with Gasteiger partial charge in [0.1, 0.15) is 17.3 Å². The van der Waals surface area contributed by atoms with Crippen molar-refractivity contribution in [2.24, 2.45) is 0 Å². The number of benzene rings is 2. The zero-order valence-electron chi connectivity index (χ0n) is 20.7. The summed E-state index contributed by atoms with van der Waals surface area (Å²) in [6.45, 7) is 4.06. The quantitative estimate of drug-likeness (QED) is 0.246. The molecule has 0 atom stereocenters. The molecule has 188 valence electrons. The number of amides is 2. The highest BCUT2D eigenvalue weighted by Gasteiger charge is 2.15. The average Bonchev–Trinajstić information content (AvgIpc) is 3.61. The van der Waals surface area contributed by atoms with Gasteiger partial charge >= 0.3 is 6.03 Å². The van der Waals surface area contributed by atoms with Crippen molar-refractivity contribution in [2.45, 2.75) is 19.8 Å². The van der Waals surface area contributed by atoms with E-state index in [9.17, 15) is 4.79 Å². The predicted molar refractivity (Wildman–Crippen MR) is 143 cm³/mol. The maximum absolute atomic E-state index is 12.8. The van der Waals surface area contributed by atoms with E-state index >= 15 is 0 Å². The van der Waals surface area contributed by atoms with Gasteiger partial charge < -0.3 is 10.1 Å². The van der Waals surface area contributed by atoms with E-state index in [4.69, 9.17) is 10.00 Å². The van der Waals surface area contributed by atoms with Crippen LogP contribution in [0.25, 0.3) is 16.9 Å². The lowest BCUT2D eigenvalue weighted by Crippen LogP contribution is -2.21. The molecule has 0 aliphatic carbocycles. The largest absolute Gasteiger partial charge is 0.457 e. The van der Waals surface area contributed by atoms with Gasteiger partial charge in [-0.05, 0) is 60.5 Å². The molecule has 0 aliphatic rings. The number of carbonyl (C=O) groups is 1. The molecular weight excluding hydrogens is 480 g/mol. The van der Waals surface area contributed by atoms with Crippen molar-refractivity contribution in [1.29, 1.82) is 5.26 Å². The topological polar surface area (TPSA) is 134 Å². The highest BCUT2D eigenvalue weighted by atomic mass is 16.5. The van der Waals surface area contributed by atoms with Crippen LogP contribution in [-0.4, -0.2) is 31.0 Å². The van der Waals surface area contributed by atoms with E-state index in [1.807, 2.05) is 26.0 Å². The average molecular weight is 505 g/mol. The summed E-state index contributed by atoms with van der Waals surface area (Å²) in [6.07, 6.45) is 5.13. The molecule has 0 unspecified atom stereocenters. The van der Waals surface area contributed by atoms with Crippen LogP contribution in [0.2, 0.25) is 0 Å². The van der Waals surface area contributed by atoms with E-state index in [0.717, 1.165) is 22.6 Å². The molecule has 10 nitrogen and oxygen atoms in total. The highest BCUT2D eigenvalue weighted by molar-refractivity contribution is 5.99. The summed E-state index contributed by atoms with van der Waals surface area (Å²) in [4.78, 5) is 17.2. The summed E-state index contributed by atoms with van der Waals surface area (Å²) in [7, 11) is 0. The SMILES string of the molecule is CC(C)c1cc(NC(=O)Nc2ccc(Oc3ccnc(-c4cn[nH]c4)c3)cc2)n(-c2ccc(C#N)cc2)n1. The number of urea groups is 1. The molecule has 0 saturated heterocycles. The molecule has 3 heterocycles. The molecule has 0 spiro atoms. The van der Waals surface area contributed by atoms with Gasteiger partial charge in [0.15, 0.2) is 0 Å². The summed E-state index contributed by atoms with van der Waals surface area (Å²) in [6, 6.07) is 21.2. The predicted octanol–water partition coefficient (Wildman–Crippen LogP) is 6.09. The van der Waals surface area contributed by atoms with Gasteiger partial charge in [0, 0.05) is 35.8 Å². The summed E-state index contributed by atoms with van der Waals surface area (Å²) in [5.41, 5.74) is 4.32. The van der Waals surface area contributed by atoms with Crippen molar-refractivity contribution < 1.29 is 9.53 Å². The second-order valence-corrected chi connectivity index (χ2v) is 8.75. The molecule has 0 saturated carbocycles. The Bertz CT molecular complexity index is 1580. The van der Waals surface area contributed by atoms with Crippen LogP contribution in [0.15, 0.2) is 85.3 Å². The van der Waals surface area contributed by atoms with Crippen LogP contribution in [0.3, 0.4) is 0 Å². The molecule has 5 aromatic rings. The number of rotatable bonds is 7. The van der Waals surface area contributed by atoms with Crippen molar-refractivity contribution >= 4 is 17.5 Å². The van der Waals surface area contributed by atoms with Crippen LogP contribution in [0.4, 0.5) is 16.3 Å². The van der Waals surface area contributed by atoms with Gasteiger partial charge in [0.05, 0.1) is 34.9 Å². The number of aromatic nitrogens is 5. The van der Waals surface area contributed by atoms with E-state index in [-0.39, 0.29) is 5.92 Å². The molecular formula is C28H24N8O2. The number of H-pyrrole nitrogens is 1. The van der Waals surface area contributed by atoms with Gasteiger partial charge in [-0.1, -0.05) is 13.8 Å². The van der Waals surface area contributed by atoms with Gasteiger partial charge in [0.2, 0.25) is 0 Å². The third kappa shape index (κ3) is 5.52. The Morgan fingerprint density at radius 1 is 1.03 bits per heavy atom.